The van der Waals surface area contributed by atoms with Crippen LogP contribution in [-0.4, -0.2) is 52.0 Å². The number of aromatic hydroxyl groups is 2. The number of alkyl halides is 6. The highest BCUT2D eigenvalue weighted by Crippen LogP contribution is 2.36. The lowest BCUT2D eigenvalue weighted by atomic mass is 9.97. The largest absolute Gasteiger partial charge is 0.506 e. The minimum Gasteiger partial charge on any atom is -0.506 e. The second-order valence-electron chi connectivity index (χ2n) is 12.0. The van der Waals surface area contributed by atoms with Crippen molar-refractivity contribution in [3.63, 3.8) is 0 Å². The summed E-state index contributed by atoms with van der Waals surface area (Å²) in [5, 5.41) is 38.6. The van der Waals surface area contributed by atoms with Gasteiger partial charge in [-0.05, 0) is 95.8 Å². The van der Waals surface area contributed by atoms with Gasteiger partial charge in [-0.3, -0.25) is 9.59 Å². The number of halogens is 6. The number of rotatable bonds is 6. The molecule has 2 heterocycles. The number of nitriles is 2. The Balaban J connectivity index is 0.000000214. The Morgan fingerprint density at radius 3 is 1.23 bits per heavy atom. The summed E-state index contributed by atoms with van der Waals surface area (Å²) in [7, 11) is -8.22. The molecule has 0 bridgehead atoms. The Hall–Kier alpha value is -6.52. The lowest BCUT2D eigenvalue weighted by molar-refractivity contribution is -0.138. The van der Waals surface area contributed by atoms with Crippen LogP contribution in [0.4, 0.5) is 37.7 Å². The molecule has 2 fully saturated rings. The summed E-state index contributed by atoms with van der Waals surface area (Å²) in [5.74, 6) is -2.46. The molecule has 4 aromatic rings. The molecule has 2 amide bonds. The molecule has 2 aliphatic heterocycles. The monoisotopic (exact) mass is 822 g/mol. The number of benzene rings is 4. The fourth-order valence-electron chi connectivity index (χ4n) is 5.59. The van der Waals surface area contributed by atoms with Crippen molar-refractivity contribution in [1.29, 1.82) is 10.5 Å². The number of hydrogen-bond acceptors (Lipinski definition) is 10. The van der Waals surface area contributed by atoms with Crippen LogP contribution in [0.5, 0.6) is 11.5 Å². The molecular formula is C34H24F6N6O8S2. The van der Waals surface area contributed by atoms with E-state index in [9.17, 15) is 63.0 Å². The Bertz CT molecular complexity index is 2390. The van der Waals surface area contributed by atoms with Crippen LogP contribution in [0, 0.1) is 22.7 Å². The zero-order valence-corrected chi connectivity index (χ0v) is 29.6. The highest BCUT2D eigenvalue weighted by atomic mass is 32.2. The number of anilines is 2. The average molecular weight is 823 g/mol. The van der Waals surface area contributed by atoms with Gasteiger partial charge >= 0.3 is 32.8 Å². The fourth-order valence-corrected chi connectivity index (χ4v) is 7.92. The molecule has 4 N–H and O–H groups in total. The minimum atomic E-state index is -4.57. The Morgan fingerprint density at radius 1 is 0.607 bits per heavy atom. The maximum absolute atomic E-state index is 12.9. The number of carbonyl (C=O) groups excluding carboxylic acids is 2. The molecule has 0 unspecified atom stereocenters. The van der Waals surface area contributed by atoms with Crippen LogP contribution in [0.25, 0.3) is 0 Å². The number of phenolic OH excluding ortho intramolecular Hbond substituents is 2. The smallest absolute Gasteiger partial charge is 0.416 e. The first-order valence-electron chi connectivity index (χ1n) is 15.5. The van der Waals surface area contributed by atoms with Gasteiger partial charge in [-0.2, -0.15) is 53.7 Å². The van der Waals surface area contributed by atoms with Crippen molar-refractivity contribution in [2.24, 2.45) is 0 Å². The molecule has 4 aromatic carbocycles. The third kappa shape index (κ3) is 8.88. The standard InChI is InChI=1S/2C17H12F3N3O4S/c2*18-17(19,20)13-3-2-11(8-21)12(7-13)5-10-1-4-14(15(24)6-10)23-9-16(25)22-28(23,26)27/h2*1-4,6-7,24H,5,9H2,(H,22,25). The van der Waals surface area contributed by atoms with Crippen LogP contribution in [0.3, 0.4) is 0 Å². The molecule has 14 nitrogen and oxygen atoms in total. The van der Waals surface area contributed by atoms with E-state index in [2.05, 4.69) is 0 Å². The zero-order valence-electron chi connectivity index (χ0n) is 28.0. The third-order valence-electron chi connectivity index (χ3n) is 8.15. The van der Waals surface area contributed by atoms with E-state index in [-0.39, 0.29) is 46.5 Å². The molecule has 0 atom stereocenters. The van der Waals surface area contributed by atoms with E-state index in [1.165, 1.54) is 36.4 Å². The number of nitrogens with zero attached hydrogens (tertiary/aromatic N) is 4. The van der Waals surface area contributed by atoms with Crippen LogP contribution in [0.2, 0.25) is 0 Å². The van der Waals surface area contributed by atoms with Gasteiger partial charge in [0, 0.05) is 0 Å². The Labute approximate surface area is 313 Å². The van der Waals surface area contributed by atoms with Crippen LogP contribution in [-0.2, 0) is 55.2 Å². The molecule has 0 spiro atoms. The van der Waals surface area contributed by atoms with E-state index in [4.69, 9.17) is 10.5 Å². The van der Waals surface area contributed by atoms with Crippen molar-refractivity contribution >= 4 is 43.6 Å². The molecule has 0 aliphatic carbocycles. The van der Waals surface area contributed by atoms with E-state index < -0.39 is 80.3 Å². The minimum absolute atomic E-state index is 0.0495. The van der Waals surface area contributed by atoms with Gasteiger partial charge in [-0.1, -0.05) is 12.1 Å². The quantitative estimate of drug-likeness (QED) is 0.204. The molecule has 22 heteroatoms. The van der Waals surface area contributed by atoms with Crippen molar-refractivity contribution in [2.75, 3.05) is 21.7 Å². The number of carbonyl (C=O) groups is 2. The number of amides is 2. The first kappa shape index (κ1) is 40.7. The highest BCUT2D eigenvalue weighted by molar-refractivity contribution is 7.92. The maximum atomic E-state index is 12.9. The van der Waals surface area contributed by atoms with Gasteiger partial charge in [0.05, 0.1) is 45.8 Å². The molecule has 0 radical (unpaired) electrons. The van der Waals surface area contributed by atoms with Crippen molar-refractivity contribution < 1.29 is 63.0 Å². The predicted octanol–water partition coefficient (Wildman–Crippen LogP) is 4.11. The van der Waals surface area contributed by atoms with Gasteiger partial charge in [0.25, 0.3) is 11.8 Å². The van der Waals surface area contributed by atoms with Gasteiger partial charge < -0.3 is 10.2 Å². The van der Waals surface area contributed by atoms with E-state index in [1.807, 2.05) is 12.1 Å². The summed E-state index contributed by atoms with van der Waals surface area (Å²) in [5.41, 5.74) is -1.09. The zero-order chi connectivity index (χ0) is 41.4. The van der Waals surface area contributed by atoms with Crippen molar-refractivity contribution in [1.82, 2.24) is 9.44 Å². The van der Waals surface area contributed by atoms with E-state index in [0.717, 1.165) is 36.4 Å². The molecule has 0 saturated carbocycles. The van der Waals surface area contributed by atoms with Crippen molar-refractivity contribution in [2.45, 2.75) is 25.2 Å². The van der Waals surface area contributed by atoms with E-state index >= 15 is 0 Å². The van der Waals surface area contributed by atoms with E-state index in [0.29, 0.717) is 19.7 Å². The van der Waals surface area contributed by atoms with E-state index in [1.54, 1.807) is 9.44 Å². The SMILES string of the molecule is N#Cc1ccc(C(F)(F)F)cc1Cc1ccc(N2CC(=O)NS2(=O)=O)c(O)c1.N#Cc1ccc(C(F)(F)F)cc1Cc1ccc(N2CC(=O)NS2(=O)=O)c(O)c1. The van der Waals surface area contributed by atoms with Gasteiger partial charge in [0.2, 0.25) is 0 Å². The predicted molar refractivity (Wildman–Crippen MR) is 183 cm³/mol. The van der Waals surface area contributed by atoms with Gasteiger partial charge in [-0.15, -0.1) is 0 Å². The normalized spacial score (nSPS) is 15.9. The summed E-state index contributed by atoms with van der Waals surface area (Å²) in [6.07, 6.45) is -9.33. The number of hydrogen-bond donors (Lipinski definition) is 4. The number of nitrogens with one attached hydrogen (secondary N) is 2. The first-order chi connectivity index (χ1) is 26.0. The second-order valence-corrected chi connectivity index (χ2v) is 15.2. The lowest BCUT2D eigenvalue weighted by Gasteiger charge is -2.17. The Morgan fingerprint density at radius 2 is 0.964 bits per heavy atom. The van der Waals surface area contributed by atoms with Gasteiger partial charge in [0.15, 0.2) is 0 Å². The summed E-state index contributed by atoms with van der Waals surface area (Å²) >= 11 is 0. The van der Waals surface area contributed by atoms with Crippen LogP contribution >= 0.6 is 0 Å². The van der Waals surface area contributed by atoms with Gasteiger partial charge in [0.1, 0.15) is 24.6 Å². The maximum Gasteiger partial charge on any atom is 0.416 e. The molecule has 6 rings (SSSR count). The molecular weight excluding hydrogens is 799 g/mol. The number of phenols is 2. The molecule has 292 valence electrons. The van der Waals surface area contributed by atoms with Crippen molar-refractivity contribution in [3.05, 3.63) is 117 Å². The Kier molecular flexibility index (Phi) is 10.9. The topological polar surface area (TPSA) is 221 Å². The molecule has 0 aromatic heterocycles. The molecule has 2 aliphatic rings. The van der Waals surface area contributed by atoms with Crippen LogP contribution in [0.15, 0.2) is 72.8 Å². The third-order valence-corrected chi connectivity index (χ3v) is 10.9. The summed E-state index contributed by atoms with van der Waals surface area (Å²) in [6.45, 7) is -0.997. The fraction of sp³-hybridized carbons (Fsp3) is 0.176. The summed E-state index contributed by atoms with van der Waals surface area (Å²) in [4.78, 5) is 22.6. The molecule has 56 heavy (non-hydrogen) atoms. The summed E-state index contributed by atoms with van der Waals surface area (Å²) < 4.78 is 130. The summed E-state index contributed by atoms with van der Waals surface area (Å²) in [6, 6.07) is 16.7. The van der Waals surface area contributed by atoms with Crippen molar-refractivity contribution in [3.8, 4) is 23.6 Å². The van der Waals surface area contributed by atoms with Crippen LogP contribution < -0.4 is 18.1 Å². The highest BCUT2D eigenvalue weighted by Gasteiger charge is 2.37. The second kappa shape index (κ2) is 15.0. The van der Waals surface area contributed by atoms with Crippen LogP contribution in [0.1, 0.15) is 44.5 Å². The first-order valence-corrected chi connectivity index (χ1v) is 18.4. The average Bonchev–Trinajstić information content (AvgIpc) is 3.53. The lowest BCUT2D eigenvalue weighted by Crippen LogP contribution is -2.29. The van der Waals surface area contributed by atoms with Gasteiger partial charge in [-0.25, -0.2) is 18.1 Å². The molecule has 2 saturated heterocycles.